The van der Waals surface area contributed by atoms with E-state index in [4.69, 9.17) is 9.84 Å². The van der Waals surface area contributed by atoms with Crippen molar-refractivity contribution in [2.75, 3.05) is 6.61 Å². The van der Waals surface area contributed by atoms with Crippen LogP contribution in [0, 0.1) is 0 Å². The van der Waals surface area contributed by atoms with Crippen molar-refractivity contribution < 1.29 is 24.2 Å². The molecule has 0 bridgehead atoms. The summed E-state index contributed by atoms with van der Waals surface area (Å²) in [6.45, 7) is 1.72. The summed E-state index contributed by atoms with van der Waals surface area (Å²) in [5.74, 6) is -1.63. The number of alkyl carbamates (subject to hydrolysis) is 1. The summed E-state index contributed by atoms with van der Waals surface area (Å²) < 4.78 is 5.59. The SMILES string of the molecule is C[C@@H](CC(=O)O)NC(=O)[C@@H](NC(=O)OCC1c2ccccc2-c2ccccc21)c1ccccc1. The van der Waals surface area contributed by atoms with E-state index in [0.29, 0.717) is 5.56 Å². The molecule has 3 aromatic rings. The Labute approximate surface area is 197 Å². The van der Waals surface area contributed by atoms with E-state index in [1.54, 1.807) is 37.3 Å². The van der Waals surface area contributed by atoms with Crippen LogP contribution in [0.3, 0.4) is 0 Å². The number of hydrogen-bond acceptors (Lipinski definition) is 4. The summed E-state index contributed by atoms with van der Waals surface area (Å²) in [6.07, 6.45) is -0.949. The molecule has 2 atom stereocenters. The molecule has 34 heavy (non-hydrogen) atoms. The topological polar surface area (TPSA) is 105 Å². The number of carbonyl (C=O) groups is 3. The lowest BCUT2D eigenvalue weighted by Gasteiger charge is -2.22. The van der Waals surface area contributed by atoms with Crippen molar-refractivity contribution in [3.63, 3.8) is 0 Å². The minimum Gasteiger partial charge on any atom is -0.481 e. The largest absolute Gasteiger partial charge is 0.481 e. The molecule has 0 fully saturated rings. The summed E-state index contributed by atoms with van der Waals surface area (Å²) in [4.78, 5) is 36.6. The lowest BCUT2D eigenvalue weighted by atomic mass is 9.98. The van der Waals surface area contributed by atoms with Gasteiger partial charge in [-0.15, -0.1) is 0 Å². The molecule has 2 amide bonds. The Morgan fingerprint density at radius 2 is 1.41 bits per heavy atom. The fourth-order valence-corrected chi connectivity index (χ4v) is 4.34. The van der Waals surface area contributed by atoms with E-state index in [9.17, 15) is 14.4 Å². The van der Waals surface area contributed by atoms with E-state index < -0.39 is 30.1 Å². The highest BCUT2D eigenvalue weighted by atomic mass is 16.5. The molecular weight excluding hydrogens is 432 g/mol. The Hall–Kier alpha value is -4.13. The maximum absolute atomic E-state index is 12.9. The molecule has 3 N–H and O–H groups in total. The number of carboxylic acid groups (broad SMARTS) is 1. The van der Waals surface area contributed by atoms with Gasteiger partial charge in [-0.1, -0.05) is 78.9 Å². The van der Waals surface area contributed by atoms with Crippen LogP contribution in [-0.4, -0.2) is 35.7 Å². The third-order valence-electron chi connectivity index (χ3n) is 5.87. The normalized spacial score (nSPS) is 13.8. The Morgan fingerprint density at radius 1 is 0.853 bits per heavy atom. The van der Waals surface area contributed by atoms with Gasteiger partial charge in [0.05, 0.1) is 6.42 Å². The van der Waals surface area contributed by atoms with E-state index in [0.717, 1.165) is 22.3 Å². The average molecular weight is 459 g/mol. The third-order valence-corrected chi connectivity index (χ3v) is 5.87. The Balaban J connectivity index is 1.46. The highest BCUT2D eigenvalue weighted by Gasteiger charge is 2.30. The van der Waals surface area contributed by atoms with Crippen LogP contribution in [0.2, 0.25) is 0 Å². The summed E-state index contributed by atoms with van der Waals surface area (Å²) in [6, 6.07) is 23.2. The minimum atomic E-state index is -1.02. The van der Waals surface area contributed by atoms with Crippen molar-refractivity contribution in [2.45, 2.75) is 31.3 Å². The third kappa shape index (κ3) is 5.09. The zero-order valence-corrected chi connectivity index (χ0v) is 18.7. The molecular formula is C27H26N2O5. The molecule has 3 aromatic carbocycles. The predicted octanol–water partition coefficient (Wildman–Crippen LogP) is 4.25. The zero-order chi connectivity index (χ0) is 24.1. The van der Waals surface area contributed by atoms with Gasteiger partial charge in [-0.2, -0.15) is 0 Å². The van der Waals surface area contributed by atoms with Crippen LogP contribution in [0.25, 0.3) is 11.1 Å². The standard InChI is InChI=1S/C27H26N2O5/c1-17(15-24(30)31)28-26(32)25(18-9-3-2-4-10-18)29-27(33)34-16-23-21-13-7-5-11-19(21)20-12-6-8-14-22(20)23/h2-14,17,23,25H,15-16H2,1H3,(H,28,32)(H,29,33)(H,30,31)/t17-,25-/m0/s1. The summed E-state index contributed by atoms with van der Waals surface area (Å²) in [5, 5.41) is 14.3. The first-order valence-corrected chi connectivity index (χ1v) is 11.1. The number of nitrogens with one attached hydrogen (secondary N) is 2. The van der Waals surface area contributed by atoms with E-state index in [1.807, 2.05) is 36.4 Å². The molecule has 1 aliphatic rings. The van der Waals surface area contributed by atoms with Crippen LogP contribution >= 0.6 is 0 Å². The highest BCUT2D eigenvalue weighted by Crippen LogP contribution is 2.44. The maximum atomic E-state index is 12.9. The monoisotopic (exact) mass is 458 g/mol. The molecule has 1 aliphatic carbocycles. The number of rotatable bonds is 8. The molecule has 0 aromatic heterocycles. The lowest BCUT2D eigenvalue weighted by Crippen LogP contribution is -2.44. The van der Waals surface area contributed by atoms with Crippen LogP contribution in [-0.2, 0) is 14.3 Å². The second-order valence-corrected chi connectivity index (χ2v) is 8.32. The van der Waals surface area contributed by atoms with E-state index in [2.05, 4.69) is 22.8 Å². The van der Waals surface area contributed by atoms with Crippen LogP contribution in [0.4, 0.5) is 4.79 Å². The molecule has 4 rings (SSSR count). The number of benzene rings is 3. The molecule has 0 aliphatic heterocycles. The second-order valence-electron chi connectivity index (χ2n) is 8.32. The number of ether oxygens (including phenoxy) is 1. The van der Waals surface area contributed by atoms with Crippen LogP contribution in [0.15, 0.2) is 78.9 Å². The van der Waals surface area contributed by atoms with Gasteiger partial charge in [-0.3, -0.25) is 9.59 Å². The number of hydrogen-bond donors (Lipinski definition) is 3. The first-order valence-electron chi connectivity index (χ1n) is 11.1. The summed E-state index contributed by atoms with van der Waals surface area (Å²) >= 11 is 0. The molecule has 174 valence electrons. The van der Waals surface area contributed by atoms with Gasteiger partial charge in [-0.05, 0) is 34.7 Å². The van der Waals surface area contributed by atoms with E-state index >= 15 is 0 Å². The van der Waals surface area contributed by atoms with E-state index in [-0.39, 0.29) is 18.9 Å². The van der Waals surface area contributed by atoms with Gasteiger partial charge >= 0.3 is 12.1 Å². The summed E-state index contributed by atoms with van der Waals surface area (Å²) in [5.41, 5.74) is 5.01. The van der Waals surface area contributed by atoms with Gasteiger partial charge in [0.2, 0.25) is 5.91 Å². The average Bonchev–Trinajstić information content (AvgIpc) is 3.15. The first kappa shape index (κ1) is 23.0. The number of carbonyl (C=O) groups excluding carboxylic acids is 2. The van der Waals surface area contributed by atoms with Crippen LogP contribution in [0.1, 0.15) is 42.0 Å². The van der Waals surface area contributed by atoms with Crippen molar-refractivity contribution in [1.82, 2.24) is 10.6 Å². The van der Waals surface area contributed by atoms with Gasteiger partial charge in [0.25, 0.3) is 0 Å². The Bertz CT molecular complexity index is 1150. The van der Waals surface area contributed by atoms with Gasteiger partial charge in [0.15, 0.2) is 0 Å². The van der Waals surface area contributed by atoms with Crippen molar-refractivity contribution in [1.29, 1.82) is 0 Å². The molecule has 0 saturated heterocycles. The predicted molar refractivity (Wildman–Crippen MR) is 127 cm³/mol. The fourth-order valence-electron chi connectivity index (χ4n) is 4.34. The van der Waals surface area contributed by atoms with Gasteiger partial charge in [-0.25, -0.2) is 4.79 Å². The number of aliphatic carboxylic acids is 1. The smallest absolute Gasteiger partial charge is 0.408 e. The second kappa shape index (κ2) is 10.2. The summed E-state index contributed by atoms with van der Waals surface area (Å²) in [7, 11) is 0. The molecule has 7 nitrogen and oxygen atoms in total. The molecule has 0 saturated carbocycles. The van der Waals surface area contributed by atoms with Gasteiger partial charge in [0, 0.05) is 12.0 Å². The Kier molecular flexibility index (Phi) is 6.92. The van der Waals surface area contributed by atoms with Crippen LogP contribution in [0.5, 0.6) is 0 Å². The highest BCUT2D eigenvalue weighted by molar-refractivity contribution is 5.87. The molecule has 0 radical (unpaired) electrons. The van der Waals surface area contributed by atoms with Crippen molar-refractivity contribution in [2.24, 2.45) is 0 Å². The molecule has 0 unspecified atom stereocenters. The molecule has 0 spiro atoms. The maximum Gasteiger partial charge on any atom is 0.408 e. The number of carboxylic acids is 1. The van der Waals surface area contributed by atoms with Crippen molar-refractivity contribution in [3.05, 3.63) is 95.6 Å². The quantitative estimate of drug-likeness (QED) is 0.468. The lowest BCUT2D eigenvalue weighted by molar-refractivity contribution is -0.137. The number of fused-ring (bicyclic) bond motifs is 3. The first-order chi connectivity index (χ1) is 16.4. The van der Waals surface area contributed by atoms with Crippen LogP contribution < -0.4 is 10.6 Å². The zero-order valence-electron chi connectivity index (χ0n) is 18.7. The Morgan fingerprint density at radius 3 is 2.00 bits per heavy atom. The fraction of sp³-hybridized carbons (Fsp3) is 0.222. The van der Waals surface area contributed by atoms with Gasteiger partial charge < -0.3 is 20.5 Å². The van der Waals surface area contributed by atoms with Crippen molar-refractivity contribution in [3.8, 4) is 11.1 Å². The molecule has 0 heterocycles. The van der Waals surface area contributed by atoms with E-state index in [1.165, 1.54) is 0 Å². The van der Waals surface area contributed by atoms with Gasteiger partial charge in [0.1, 0.15) is 12.6 Å². The number of amides is 2. The minimum absolute atomic E-state index is 0.0993. The molecule has 7 heteroatoms. The van der Waals surface area contributed by atoms with Crippen molar-refractivity contribution >= 4 is 18.0 Å².